The predicted octanol–water partition coefficient (Wildman–Crippen LogP) is 3.85. The van der Waals surface area contributed by atoms with Crippen LogP contribution in [0.15, 0.2) is 0 Å². The summed E-state index contributed by atoms with van der Waals surface area (Å²) in [4.78, 5) is 35.0. The molecular weight excluding hydrogens is 619 g/mol. The lowest BCUT2D eigenvalue weighted by atomic mass is 10.1. The Kier molecular flexibility index (Phi) is 37.5. The molecule has 0 fully saturated rings. The minimum atomic E-state index is -3.58. The summed E-state index contributed by atoms with van der Waals surface area (Å²) in [7, 11) is 2.92. The Bertz CT molecular complexity index is 714. The second-order valence-electron chi connectivity index (χ2n) is 11.1. The van der Waals surface area contributed by atoms with Crippen LogP contribution in [0.5, 0.6) is 0 Å². The second kappa shape index (κ2) is 36.7. The van der Waals surface area contributed by atoms with E-state index >= 15 is 0 Å². The van der Waals surface area contributed by atoms with Gasteiger partial charge in [0.25, 0.3) is 0 Å². The highest BCUT2D eigenvalue weighted by molar-refractivity contribution is 7.50. The largest absolute Gasteiger partial charge is 0.779 e. The van der Waals surface area contributed by atoms with Crippen molar-refractivity contribution < 1.29 is 52.0 Å². The fourth-order valence-electron chi connectivity index (χ4n) is 4.10. The molecule has 0 aromatic rings. The highest BCUT2D eigenvalue weighted by atomic mass is 31.2. The first-order valence-corrected chi connectivity index (χ1v) is 18.8. The fraction of sp³-hybridized carbons (Fsp3) is 0.938. The summed E-state index contributed by atoms with van der Waals surface area (Å²) in [5.41, 5.74) is 0. The number of unbranched alkanes of at least 4 members (excludes halogenated alkanes) is 9. The van der Waals surface area contributed by atoms with E-state index in [-0.39, 0.29) is 17.9 Å². The molecule has 0 spiro atoms. The molecule has 0 bridgehead atoms. The Hall–Kier alpha value is -1.15. The molecule has 0 heterocycles. The van der Waals surface area contributed by atoms with Gasteiger partial charge in [-0.15, -0.1) is 0 Å². The van der Waals surface area contributed by atoms with Gasteiger partial charge in [-0.25, -0.2) is 0 Å². The Morgan fingerprint density at radius 2 is 1.07 bits per heavy atom. The van der Waals surface area contributed by atoms with Crippen LogP contribution >= 0.6 is 7.60 Å². The van der Waals surface area contributed by atoms with Gasteiger partial charge < -0.3 is 53.0 Å². The van der Waals surface area contributed by atoms with Crippen LogP contribution in [-0.2, 0) is 47.1 Å². The number of amides is 2. The van der Waals surface area contributed by atoms with Gasteiger partial charge in [0.1, 0.15) is 13.7 Å². The zero-order valence-corrected chi connectivity index (χ0v) is 30.4. The average molecular weight is 686 g/mol. The van der Waals surface area contributed by atoms with Gasteiger partial charge in [-0.1, -0.05) is 51.4 Å². The van der Waals surface area contributed by atoms with Crippen LogP contribution in [0.3, 0.4) is 0 Å². The summed E-state index contributed by atoms with van der Waals surface area (Å²) in [6.07, 6.45) is 12.6. The van der Waals surface area contributed by atoms with Gasteiger partial charge in [0.2, 0.25) is 11.8 Å². The van der Waals surface area contributed by atoms with E-state index in [1.54, 1.807) is 28.4 Å². The monoisotopic (exact) mass is 685 g/mol. The predicted molar refractivity (Wildman–Crippen MR) is 178 cm³/mol. The Morgan fingerprint density at radius 3 is 1.59 bits per heavy atom. The molecule has 276 valence electrons. The summed E-state index contributed by atoms with van der Waals surface area (Å²) in [6.45, 7) is 5.90. The van der Waals surface area contributed by atoms with Crippen LogP contribution in [-0.4, -0.2) is 119 Å². The third-order valence-electron chi connectivity index (χ3n) is 6.49. The van der Waals surface area contributed by atoms with Crippen LogP contribution in [0.25, 0.3) is 0 Å². The van der Waals surface area contributed by atoms with Crippen LogP contribution in [0.4, 0.5) is 0 Å². The molecule has 2 N–H and O–H groups in total. The molecule has 2 unspecified atom stereocenters. The number of methoxy groups -OCH3 is 3. The summed E-state index contributed by atoms with van der Waals surface area (Å²) >= 11 is 0. The van der Waals surface area contributed by atoms with Crippen molar-refractivity contribution in [1.82, 2.24) is 10.6 Å². The topological polar surface area (TPSA) is 163 Å². The number of hydrogen-bond donors (Lipinski definition) is 2. The minimum Gasteiger partial charge on any atom is -0.779 e. The first kappa shape index (κ1) is 47.0. The molecule has 0 aromatic carbocycles. The SMILES string of the molecule is COC.COCCOCC(COCCCNC(=O)CCCC(=O)NCCCCCCCCCCCCOP(C)(=O)[O-])OCCOC. The van der Waals surface area contributed by atoms with Crippen molar-refractivity contribution in [1.29, 1.82) is 0 Å². The molecule has 13 nitrogen and oxygen atoms in total. The molecule has 0 rings (SSSR count). The lowest BCUT2D eigenvalue weighted by Gasteiger charge is -2.18. The lowest BCUT2D eigenvalue weighted by Crippen LogP contribution is -2.29. The first-order valence-electron chi connectivity index (χ1n) is 16.8. The molecule has 0 aliphatic heterocycles. The number of rotatable bonds is 33. The van der Waals surface area contributed by atoms with Crippen molar-refractivity contribution in [2.45, 2.75) is 96.0 Å². The highest BCUT2D eigenvalue weighted by Crippen LogP contribution is 2.31. The molecule has 0 aliphatic carbocycles. The van der Waals surface area contributed by atoms with E-state index < -0.39 is 7.60 Å². The van der Waals surface area contributed by atoms with E-state index in [2.05, 4.69) is 15.4 Å². The Morgan fingerprint density at radius 1 is 0.609 bits per heavy atom. The number of ether oxygens (including phenoxy) is 6. The van der Waals surface area contributed by atoms with Gasteiger partial charge in [-0.3, -0.25) is 9.59 Å². The van der Waals surface area contributed by atoms with Crippen LogP contribution < -0.4 is 15.5 Å². The maximum absolute atomic E-state index is 12.0. The van der Waals surface area contributed by atoms with E-state index in [9.17, 15) is 19.0 Å². The smallest absolute Gasteiger partial charge is 0.220 e. The maximum atomic E-state index is 12.0. The van der Waals surface area contributed by atoms with Crippen molar-refractivity contribution >= 4 is 19.4 Å². The van der Waals surface area contributed by atoms with Crippen molar-refractivity contribution in [3.63, 3.8) is 0 Å². The van der Waals surface area contributed by atoms with E-state index in [4.69, 9.17) is 28.2 Å². The van der Waals surface area contributed by atoms with Gasteiger partial charge >= 0.3 is 0 Å². The zero-order valence-electron chi connectivity index (χ0n) is 29.5. The normalized spacial score (nSPS) is 13.0. The maximum Gasteiger partial charge on any atom is 0.220 e. The van der Waals surface area contributed by atoms with Crippen LogP contribution in [0.1, 0.15) is 89.9 Å². The average Bonchev–Trinajstić information content (AvgIpc) is 3.00. The zero-order chi connectivity index (χ0) is 34.6. The Labute approximate surface area is 279 Å². The molecule has 2 atom stereocenters. The molecule has 14 heteroatoms. The van der Waals surface area contributed by atoms with Crippen molar-refractivity contribution in [3.05, 3.63) is 0 Å². The van der Waals surface area contributed by atoms with E-state index in [0.717, 1.165) is 45.2 Å². The highest BCUT2D eigenvalue weighted by Gasteiger charge is 2.10. The number of hydrogen-bond acceptors (Lipinski definition) is 11. The van der Waals surface area contributed by atoms with Crippen LogP contribution in [0.2, 0.25) is 0 Å². The van der Waals surface area contributed by atoms with Gasteiger partial charge in [-0.2, -0.15) is 0 Å². The molecule has 46 heavy (non-hydrogen) atoms. The summed E-state index contributed by atoms with van der Waals surface area (Å²) in [5.74, 6) is -0.0570. The molecule has 0 saturated heterocycles. The molecule has 2 amide bonds. The second-order valence-corrected chi connectivity index (χ2v) is 12.9. The molecular formula is C32H66N2O11P-. The van der Waals surface area contributed by atoms with Crippen molar-refractivity contribution in [2.75, 3.05) is 101 Å². The minimum absolute atomic E-state index is 0.00271. The van der Waals surface area contributed by atoms with E-state index in [1.165, 1.54) is 25.7 Å². The summed E-state index contributed by atoms with van der Waals surface area (Å²) < 4.78 is 46.8. The number of carbonyl (C=O) groups is 2. The van der Waals surface area contributed by atoms with Crippen molar-refractivity contribution in [3.8, 4) is 0 Å². The standard InChI is InChI=1S/C30H61N2O10P.C2H6O/c1-37-22-24-40-27-28(41-25-23-38-2)26-39-20-15-19-32-30(34)17-14-16-29(33)31-18-12-10-8-6-4-5-7-9-11-13-21-42-43(3,35)36;1-3-2/h28H,4-27H2,1-3H3,(H,31,33)(H,32,34)(H,35,36);1-2H3/p-1. The molecule has 0 saturated carbocycles. The quantitative estimate of drug-likeness (QED) is 0.0762. The first-order chi connectivity index (χ1) is 22.2. The molecule has 0 radical (unpaired) electrons. The summed E-state index contributed by atoms with van der Waals surface area (Å²) in [6, 6.07) is 0. The van der Waals surface area contributed by atoms with Crippen LogP contribution in [0, 0.1) is 0 Å². The van der Waals surface area contributed by atoms with Crippen molar-refractivity contribution in [2.24, 2.45) is 0 Å². The molecule has 0 aromatic heterocycles. The van der Waals surface area contributed by atoms with Gasteiger partial charge in [-0.05, 0) is 25.7 Å². The van der Waals surface area contributed by atoms with Gasteiger partial charge in [0.05, 0.1) is 46.2 Å². The molecule has 0 aliphatic rings. The van der Waals surface area contributed by atoms with E-state index in [0.29, 0.717) is 91.6 Å². The van der Waals surface area contributed by atoms with E-state index in [1.807, 2.05) is 0 Å². The Balaban J connectivity index is 0. The summed E-state index contributed by atoms with van der Waals surface area (Å²) in [5, 5.41) is 5.82. The fourth-order valence-corrected chi connectivity index (χ4v) is 4.56. The lowest BCUT2D eigenvalue weighted by molar-refractivity contribution is -0.196. The number of carbonyl (C=O) groups excluding carboxylic acids is 2. The van der Waals surface area contributed by atoms with Gasteiger partial charge in [0, 0.05) is 67.6 Å². The number of nitrogens with one attached hydrogen (secondary N) is 2. The third kappa shape index (κ3) is 40.9. The van der Waals surface area contributed by atoms with Gasteiger partial charge in [0.15, 0.2) is 0 Å². The third-order valence-corrected chi connectivity index (χ3v) is 7.15.